The van der Waals surface area contributed by atoms with Crippen LogP contribution in [0.4, 0.5) is 0 Å². The van der Waals surface area contributed by atoms with Gasteiger partial charge in [0.25, 0.3) is 0 Å². The molecule has 2 aromatic carbocycles. The van der Waals surface area contributed by atoms with E-state index in [9.17, 15) is 0 Å². The third kappa shape index (κ3) is 4.56. The van der Waals surface area contributed by atoms with E-state index in [4.69, 9.17) is 5.73 Å². The van der Waals surface area contributed by atoms with Crippen LogP contribution in [-0.2, 0) is 13.0 Å². The Balaban J connectivity index is 0.000000184. The second-order valence-corrected chi connectivity index (χ2v) is 3.95. The molecule has 0 saturated carbocycles. The molecule has 2 N–H and O–H groups in total. The highest BCUT2D eigenvalue weighted by Gasteiger charge is 1.91. The SMILES string of the molecule is C=Cc1ccccc1CC.NCc1ccccc1. The summed E-state index contributed by atoms with van der Waals surface area (Å²) in [5.41, 5.74) is 9.16. The zero-order valence-corrected chi connectivity index (χ0v) is 11.0. The van der Waals surface area contributed by atoms with Gasteiger partial charge in [0.05, 0.1) is 0 Å². The molecule has 0 heterocycles. The van der Waals surface area contributed by atoms with Gasteiger partial charge in [-0.15, -0.1) is 0 Å². The monoisotopic (exact) mass is 239 g/mol. The minimum atomic E-state index is 0.640. The standard InChI is InChI=1S/C10H12.C7H9N/c1-3-9-7-5-6-8-10(9)4-2;8-6-7-4-2-1-3-5-7/h3,5-8H,1,4H2,2H3;1-5H,6,8H2. The Morgan fingerprint density at radius 2 is 1.61 bits per heavy atom. The van der Waals surface area contributed by atoms with Gasteiger partial charge in [-0.1, -0.05) is 74.2 Å². The van der Waals surface area contributed by atoms with Crippen LogP contribution in [0.1, 0.15) is 23.6 Å². The topological polar surface area (TPSA) is 26.0 Å². The fraction of sp³-hybridized carbons (Fsp3) is 0.176. The van der Waals surface area contributed by atoms with Gasteiger partial charge in [-0.25, -0.2) is 0 Å². The summed E-state index contributed by atoms with van der Waals surface area (Å²) < 4.78 is 0. The van der Waals surface area contributed by atoms with Gasteiger partial charge in [-0.2, -0.15) is 0 Å². The molecule has 2 aromatic rings. The predicted molar refractivity (Wildman–Crippen MR) is 80.2 cm³/mol. The predicted octanol–water partition coefficient (Wildman–Crippen LogP) is 4.04. The highest BCUT2D eigenvalue weighted by Crippen LogP contribution is 2.09. The molecular weight excluding hydrogens is 218 g/mol. The lowest BCUT2D eigenvalue weighted by Crippen LogP contribution is -1.94. The van der Waals surface area contributed by atoms with Gasteiger partial charge >= 0.3 is 0 Å². The maximum Gasteiger partial charge on any atom is 0.0178 e. The number of rotatable bonds is 3. The molecule has 0 fully saturated rings. The van der Waals surface area contributed by atoms with Crippen LogP contribution in [0.25, 0.3) is 6.08 Å². The molecule has 2 rings (SSSR count). The molecular formula is C17H21N. The van der Waals surface area contributed by atoms with Gasteiger partial charge in [-0.05, 0) is 23.1 Å². The van der Waals surface area contributed by atoms with Gasteiger partial charge in [0.1, 0.15) is 0 Å². The first kappa shape index (κ1) is 14.2. The molecule has 0 unspecified atom stereocenters. The van der Waals surface area contributed by atoms with Crippen molar-refractivity contribution in [1.29, 1.82) is 0 Å². The molecule has 0 radical (unpaired) electrons. The number of hydrogen-bond acceptors (Lipinski definition) is 1. The van der Waals surface area contributed by atoms with Crippen molar-refractivity contribution in [3.63, 3.8) is 0 Å². The van der Waals surface area contributed by atoms with Crippen LogP contribution in [0.2, 0.25) is 0 Å². The van der Waals surface area contributed by atoms with E-state index in [1.807, 2.05) is 42.5 Å². The van der Waals surface area contributed by atoms with E-state index in [2.05, 4.69) is 31.7 Å². The van der Waals surface area contributed by atoms with Crippen molar-refractivity contribution in [2.75, 3.05) is 0 Å². The van der Waals surface area contributed by atoms with Crippen molar-refractivity contribution < 1.29 is 0 Å². The second-order valence-electron chi connectivity index (χ2n) is 3.95. The lowest BCUT2D eigenvalue weighted by molar-refractivity contribution is 1.07. The summed E-state index contributed by atoms with van der Waals surface area (Å²) in [6.45, 7) is 6.53. The van der Waals surface area contributed by atoms with Crippen LogP contribution in [0.15, 0.2) is 61.2 Å². The van der Waals surface area contributed by atoms with Crippen LogP contribution in [0.3, 0.4) is 0 Å². The Hall–Kier alpha value is -1.86. The van der Waals surface area contributed by atoms with Gasteiger partial charge in [0, 0.05) is 6.54 Å². The molecule has 0 aromatic heterocycles. The first-order valence-corrected chi connectivity index (χ1v) is 6.26. The summed E-state index contributed by atoms with van der Waals surface area (Å²) in [5.74, 6) is 0. The maximum atomic E-state index is 5.35. The van der Waals surface area contributed by atoms with Crippen molar-refractivity contribution in [1.82, 2.24) is 0 Å². The number of benzene rings is 2. The van der Waals surface area contributed by atoms with Crippen LogP contribution in [0.5, 0.6) is 0 Å². The van der Waals surface area contributed by atoms with Crippen molar-refractivity contribution in [2.45, 2.75) is 19.9 Å². The molecule has 0 saturated heterocycles. The first-order chi connectivity index (χ1) is 8.81. The summed E-state index contributed by atoms with van der Waals surface area (Å²) in [6, 6.07) is 18.3. The van der Waals surface area contributed by atoms with Gasteiger partial charge in [0.15, 0.2) is 0 Å². The molecule has 0 atom stereocenters. The number of aryl methyl sites for hydroxylation is 1. The summed E-state index contributed by atoms with van der Waals surface area (Å²) in [4.78, 5) is 0. The van der Waals surface area contributed by atoms with Crippen molar-refractivity contribution >= 4 is 6.08 Å². The lowest BCUT2D eigenvalue weighted by atomic mass is 10.1. The summed E-state index contributed by atoms with van der Waals surface area (Å²) in [7, 11) is 0. The Morgan fingerprint density at radius 3 is 2.06 bits per heavy atom. The van der Waals surface area contributed by atoms with Gasteiger partial charge in [0.2, 0.25) is 0 Å². The maximum absolute atomic E-state index is 5.35. The Bertz CT molecular complexity index is 460. The van der Waals surface area contributed by atoms with Crippen molar-refractivity contribution in [3.8, 4) is 0 Å². The average Bonchev–Trinajstić information content (AvgIpc) is 2.48. The minimum absolute atomic E-state index is 0.640. The molecule has 18 heavy (non-hydrogen) atoms. The fourth-order valence-corrected chi connectivity index (χ4v) is 1.67. The first-order valence-electron chi connectivity index (χ1n) is 6.26. The molecule has 0 bridgehead atoms. The smallest absolute Gasteiger partial charge is 0.0178 e. The molecule has 0 amide bonds. The van der Waals surface area contributed by atoms with Crippen LogP contribution in [0, 0.1) is 0 Å². The van der Waals surface area contributed by atoms with E-state index < -0.39 is 0 Å². The van der Waals surface area contributed by atoms with E-state index in [1.54, 1.807) is 0 Å². The molecule has 94 valence electrons. The molecule has 0 aliphatic heterocycles. The van der Waals surface area contributed by atoms with E-state index in [0.717, 1.165) is 6.42 Å². The third-order valence-electron chi connectivity index (χ3n) is 2.73. The van der Waals surface area contributed by atoms with Crippen LogP contribution in [-0.4, -0.2) is 0 Å². The number of hydrogen-bond donors (Lipinski definition) is 1. The quantitative estimate of drug-likeness (QED) is 0.859. The van der Waals surface area contributed by atoms with E-state index in [0.29, 0.717) is 6.54 Å². The van der Waals surface area contributed by atoms with Gasteiger partial charge in [-0.3, -0.25) is 0 Å². The third-order valence-corrected chi connectivity index (χ3v) is 2.73. The fourth-order valence-electron chi connectivity index (χ4n) is 1.67. The highest BCUT2D eigenvalue weighted by molar-refractivity contribution is 5.51. The lowest BCUT2D eigenvalue weighted by Gasteiger charge is -1.99. The van der Waals surface area contributed by atoms with Crippen molar-refractivity contribution in [3.05, 3.63) is 77.9 Å². The molecule has 0 aliphatic carbocycles. The Morgan fingerprint density at radius 1 is 1.00 bits per heavy atom. The van der Waals surface area contributed by atoms with Gasteiger partial charge < -0.3 is 5.73 Å². The second kappa shape index (κ2) is 8.26. The minimum Gasteiger partial charge on any atom is -0.326 e. The summed E-state index contributed by atoms with van der Waals surface area (Å²) in [6.07, 6.45) is 2.99. The molecule has 1 nitrogen and oxygen atoms in total. The largest absolute Gasteiger partial charge is 0.326 e. The van der Waals surface area contributed by atoms with Crippen LogP contribution >= 0.6 is 0 Å². The Labute approximate surface area is 110 Å². The van der Waals surface area contributed by atoms with Crippen molar-refractivity contribution in [2.24, 2.45) is 5.73 Å². The zero-order valence-electron chi connectivity index (χ0n) is 11.0. The summed E-state index contributed by atoms with van der Waals surface area (Å²) in [5, 5.41) is 0. The Kier molecular flexibility index (Phi) is 6.52. The summed E-state index contributed by atoms with van der Waals surface area (Å²) >= 11 is 0. The normalized spacial score (nSPS) is 9.22. The van der Waals surface area contributed by atoms with E-state index in [-0.39, 0.29) is 0 Å². The molecule has 1 heteroatoms. The molecule has 0 spiro atoms. The van der Waals surface area contributed by atoms with Crippen LogP contribution < -0.4 is 5.73 Å². The average molecular weight is 239 g/mol. The number of nitrogens with two attached hydrogens (primary N) is 1. The van der Waals surface area contributed by atoms with E-state index >= 15 is 0 Å². The highest BCUT2D eigenvalue weighted by atomic mass is 14.5. The zero-order chi connectivity index (χ0) is 13.2. The molecule has 0 aliphatic rings. The van der Waals surface area contributed by atoms with E-state index in [1.165, 1.54) is 16.7 Å².